The average Bonchev–Trinajstić information content (AvgIpc) is 3.20. The zero-order valence-corrected chi connectivity index (χ0v) is 18.2. The molecule has 0 N–H and O–H groups in total. The lowest BCUT2D eigenvalue weighted by molar-refractivity contribution is -0.118. The van der Waals surface area contributed by atoms with Gasteiger partial charge in [0.05, 0.1) is 13.7 Å². The Bertz CT molecular complexity index is 715. The number of benzene rings is 1. The topological polar surface area (TPSA) is 48.0 Å². The van der Waals surface area contributed by atoms with Gasteiger partial charge in [-0.3, -0.25) is 9.69 Å². The zero-order chi connectivity index (χ0) is 20.5. The first-order chi connectivity index (χ1) is 13.3. The molecule has 2 aliphatic rings. The van der Waals surface area contributed by atoms with Crippen molar-refractivity contribution in [2.75, 3.05) is 27.0 Å². The number of Topliss-reactive ketones (excluding diaryl/α,β-unsaturated/α-hetero) is 1. The maximum atomic E-state index is 11.9. The molecule has 156 valence electrons. The minimum atomic E-state index is 0.231. The molecule has 0 spiro atoms. The van der Waals surface area contributed by atoms with Crippen molar-refractivity contribution in [3.05, 3.63) is 17.7 Å². The predicted molar refractivity (Wildman–Crippen MR) is 110 cm³/mol. The van der Waals surface area contributed by atoms with Gasteiger partial charge in [0, 0.05) is 18.5 Å². The number of hydrogen-bond donors (Lipinski definition) is 0. The molecule has 0 amide bonds. The Hall–Kier alpha value is -1.75. The van der Waals surface area contributed by atoms with Gasteiger partial charge in [-0.1, -0.05) is 34.1 Å². The second kappa shape index (κ2) is 8.32. The molecule has 1 saturated heterocycles. The molecular weight excluding hydrogens is 354 g/mol. The Morgan fingerprint density at radius 3 is 2.71 bits per heavy atom. The van der Waals surface area contributed by atoms with Crippen LogP contribution in [0.5, 0.6) is 17.2 Å². The van der Waals surface area contributed by atoms with Crippen LogP contribution >= 0.6 is 0 Å². The molecule has 1 aromatic carbocycles. The van der Waals surface area contributed by atoms with Crippen molar-refractivity contribution < 1.29 is 19.0 Å². The van der Waals surface area contributed by atoms with Crippen molar-refractivity contribution in [3.63, 3.8) is 0 Å². The summed E-state index contributed by atoms with van der Waals surface area (Å²) in [5.74, 6) is 3.19. The number of rotatable bonds is 8. The SMILES string of the molecule is CCCC(C)(C)C[C@H]1C(C)[C@@H](c2cc(OC)c3c(c2)OCO3)CN1CC(C)=O. The van der Waals surface area contributed by atoms with E-state index in [1.807, 2.05) is 0 Å². The molecule has 5 nitrogen and oxygen atoms in total. The third-order valence-corrected chi connectivity index (χ3v) is 6.36. The molecule has 1 fully saturated rings. The number of hydrogen-bond acceptors (Lipinski definition) is 5. The number of carbonyl (C=O) groups is 1. The highest BCUT2D eigenvalue weighted by Crippen LogP contribution is 2.48. The molecule has 28 heavy (non-hydrogen) atoms. The molecule has 0 aromatic heterocycles. The van der Waals surface area contributed by atoms with Crippen LogP contribution in [0, 0.1) is 11.3 Å². The fraction of sp³-hybridized carbons (Fsp3) is 0.696. The molecule has 0 saturated carbocycles. The Morgan fingerprint density at radius 2 is 2.07 bits per heavy atom. The first-order valence-electron chi connectivity index (χ1n) is 10.5. The largest absolute Gasteiger partial charge is 0.493 e. The smallest absolute Gasteiger partial charge is 0.231 e. The van der Waals surface area contributed by atoms with Gasteiger partial charge in [-0.25, -0.2) is 0 Å². The van der Waals surface area contributed by atoms with Crippen molar-refractivity contribution in [2.24, 2.45) is 11.3 Å². The molecule has 3 rings (SSSR count). The Labute approximate surface area is 169 Å². The summed E-state index contributed by atoms with van der Waals surface area (Å²) in [6.45, 7) is 12.6. The number of likely N-dealkylation sites (tertiary alicyclic amines) is 1. The van der Waals surface area contributed by atoms with E-state index in [9.17, 15) is 4.79 Å². The number of fused-ring (bicyclic) bond motifs is 1. The summed E-state index contributed by atoms with van der Waals surface area (Å²) in [5, 5.41) is 0. The molecule has 3 atom stereocenters. The molecule has 0 radical (unpaired) electrons. The summed E-state index contributed by atoms with van der Waals surface area (Å²) in [7, 11) is 1.66. The van der Waals surface area contributed by atoms with E-state index in [1.165, 1.54) is 18.4 Å². The maximum absolute atomic E-state index is 11.9. The second-order valence-electron chi connectivity index (χ2n) is 9.24. The van der Waals surface area contributed by atoms with Crippen LogP contribution in [0.3, 0.4) is 0 Å². The van der Waals surface area contributed by atoms with Crippen LogP contribution in [0.4, 0.5) is 0 Å². The van der Waals surface area contributed by atoms with Gasteiger partial charge in [0.1, 0.15) is 5.78 Å². The van der Waals surface area contributed by atoms with Gasteiger partial charge in [-0.2, -0.15) is 0 Å². The van der Waals surface area contributed by atoms with Gasteiger partial charge in [0.25, 0.3) is 0 Å². The maximum Gasteiger partial charge on any atom is 0.231 e. The lowest BCUT2D eigenvalue weighted by Crippen LogP contribution is -2.38. The van der Waals surface area contributed by atoms with Crippen LogP contribution in [-0.2, 0) is 4.79 Å². The summed E-state index contributed by atoms with van der Waals surface area (Å²) in [6, 6.07) is 4.57. The van der Waals surface area contributed by atoms with Gasteiger partial charge < -0.3 is 14.2 Å². The third kappa shape index (κ3) is 4.29. The van der Waals surface area contributed by atoms with E-state index in [1.54, 1.807) is 14.0 Å². The van der Waals surface area contributed by atoms with Gasteiger partial charge in [-0.05, 0) is 48.8 Å². The first kappa shape index (κ1) is 21.0. The van der Waals surface area contributed by atoms with E-state index in [-0.39, 0.29) is 18.0 Å². The van der Waals surface area contributed by atoms with E-state index in [0.717, 1.165) is 24.5 Å². The van der Waals surface area contributed by atoms with Crippen LogP contribution in [-0.4, -0.2) is 43.7 Å². The quantitative estimate of drug-likeness (QED) is 0.649. The monoisotopic (exact) mass is 389 g/mol. The normalized spacial score (nSPS) is 24.6. The number of ketones is 1. The third-order valence-electron chi connectivity index (χ3n) is 6.36. The molecular formula is C23H35NO4. The fourth-order valence-corrected chi connectivity index (χ4v) is 5.06. The number of carbonyl (C=O) groups excluding carboxylic acids is 1. The highest BCUT2D eigenvalue weighted by Gasteiger charge is 2.42. The average molecular weight is 390 g/mol. The van der Waals surface area contributed by atoms with E-state index >= 15 is 0 Å². The highest BCUT2D eigenvalue weighted by molar-refractivity contribution is 5.77. The number of methoxy groups -OCH3 is 1. The Kier molecular flexibility index (Phi) is 6.23. The van der Waals surface area contributed by atoms with Crippen LogP contribution in [0.15, 0.2) is 12.1 Å². The minimum Gasteiger partial charge on any atom is -0.493 e. The van der Waals surface area contributed by atoms with E-state index in [4.69, 9.17) is 14.2 Å². The van der Waals surface area contributed by atoms with Crippen molar-refractivity contribution >= 4 is 5.78 Å². The Balaban J connectivity index is 1.89. The summed E-state index contributed by atoms with van der Waals surface area (Å²) in [6.07, 6.45) is 3.49. The van der Waals surface area contributed by atoms with Gasteiger partial charge in [-0.15, -0.1) is 0 Å². The van der Waals surface area contributed by atoms with Crippen LogP contribution < -0.4 is 14.2 Å². The second-order valence-corrected chi connectivity index (χ2v) is 9.24. The van der Waals surface area contributed by atoms with E-state index in [2.05, 4.69) is 44.7 Å². The standard InChI is InChI=1S/C23H35NO4/c1-7-8-23(4,5)11-19-16(3)18(13-24(19)12-15(2)25)17-9-20(26-6)22-21(10-17)27-14-28-22/h9-10,16,18-19H,7-8,11-14H2,1-6H3/t16?,18-,19-/m0/s1. The highest BCUT2D eigenvalue weighted by atomic mass is 16.7. The first-order valence-corrected chi connectivity index (χ1v) is 10.5. The molecule has 2 heterocycles. The summed E-state index contributed by atoms with van der Waals surface area (Å²) in [5.41, 5.74) is 1.47. The number of nitrogens with zero attached hydrogens (tertiary/aromatic N) is 1. The zero-order valence-electron chi connectivity index (χ0n) is 18.2. The van der Waals surface area contributed by atoms with Crippen molar-refractivity contribution in [3.8, 4) is 17.2 Å². The van der Waals surface area contributed by atoms with Gasteiger partial charge in [0.2, 0.25) is 12.5 Å². The lowest BCUT2D eigenvalue weighted by atomic mass is 9.76. The molecule has 2 aliphatic heterocycles. The van der Waals surface area contributed by atoms with Crippen molar-refractivity contribution in [2.45, 2.75) is 65.8 Å². The summed E-state index contributed by atoms with van der Waals surface area (Å²) >= 11 is 0. The molecule has 5 heteroatoms. The van der Waals surface area contributed by atoms with Crippen LogP contribution in [0.1, 0.15) is 65.4 Å². The summed E-state index contributed by atoms with van der Waals surface area (Å²) < 4.78 is 16.7. The summed E-state index contributed by atoms with van der Waals surface area (Å²) in [4.78, 5) is 14.3. The van der Waals surface area contributed by atoms with Crippen LogP contribution in [0.2, 0.25) is 0 Å². The molecule has 0 bridgehead atoms. The van der Waals surface area contributed by atoms with Gasteiger partial charge in [0.15, 0.2) is 11.5 Å². The van der Waals surface area contributed by atoms with E-state index < -0.39 is 0 Å². The van der Waals surface area contributed by atoms with Crippen molar-refractivity contribution in [1.82, 2.24) is 4.90 Å². The lowest BCUT2D eigenvalue weighted by Gasteiger charge is -2.34. The predicted octanol–water partition coefficient (Wildman–Crippen LogP) is 4.63. The Morgan fingerprint density at radius 1 is 1.32 bits per heavy atom. The fourth-order valence-electron chi connectivity index (χ4n) is 5.06. The van der Waals surface area contributed by atoms with Crippen LogP contribution in [0.25, 0.3) is 0 Å². The molecule has 0 aliphatic carbocycles. The van der Waals surface area contributed by atoms with Crippen molar-refractivity contribution in [1.29, 1.82) is 0 Å². The minimum absolute atomic E-state index is 0.231. The molecule has 1 unspecified atom stereocenters. The molecule has 1 aromatic rings. The van der Waals surface area contributed by atoms with Gasteiger partial charge >= 0.3 is 0 Å². The van der Waals surface area contributed by atoms with E-state index in [0.29, 0.717) is 30.2 Å². The number of ether oxygens (including phenoxy) is 3.